The van der Waals surface area contributed by atoms with Crippen molar-refractivity contribution in [3.8, 4) is 0 Å². The van der Waals surface area contributed by atoms with Crippen LogP contribution < -0.4 is 0 Å². The van der Waals surface area contributed by atoms with Crippen LogP contribution in [0.2, 0.25) is 0 Å². The molecule has 0 amide bonds. The molecule has 0 heterocycles. The smallest absolute Gasteiger partial charge is 0.314 e. The van der Waals surface area contributed by atoms with E-state index >= 15 is 0 Å². The predicted molar refractivity (Wildman–Crippen MR) is 81.9 cm³/mol. The minimum atomic E-state index is -0.965. The third-order valence-electron chi connectivity index (χ3n) is 4.26. The van der Waals surface area contributed by atoms with Crippen LogP contribution in [0.25, 0.3) is 0 Å². The Labute approximate surface area is 130 Å². The van der Waals surface area contributed by atoms with E-state index in [2.05, 4.69) is 15.9 Å². The van der Waals surface area contributed by atoms with Gasteiger partial charge in [-0.1, -0.05) is 40.2 Å². The summed E-state index contributed by atoms with van der Waals surface area (Å²) in [6, 6.07) is 12.0. The van der Waals surface area contributed by atoms with Crippen molar-refractivity contribution in [2.45, 2.75) is 24.7 Å². The number of hydrogen-bond acceptors (Lipinski definition) is 1. The van der Waals surface area contributed by atoms with Gasteiger partial charge < -0.3 is 5.11 Å². The standard InChI is InChI=1S/C17H14BrFO2/c18-15-6-5-13(19)9-12(15)10-17(16(20)21)8-7-11-3-1-2-4-14(11)17/h1-6,9H,7-8,10H2,(H,20,21). The van der Waals surface area contributed by atoms with E-state index in [1.807, 2.05) is 24.3 Å². The van der Waals surface area contributed by atoms with Crippen molar-refractivity contribution in [2.24, 2.45) is 0 Å². The van der Waals surface area contributed by atoms with E-state index in [9.17, 15) is 14.3 Å². The summed E-state index contributed by atoms with van der Waals surface area (Å²) in [5.41, 5.74) is 1.66. The molecule has 2 nitrogen and oxygen atoms in total. The van der Waals surface area contributed by atoms with E-state index in [0.717, 1.165) is 22.0 Å². The van der Waals surface area contributed by atoms with Crippen molar-refractivity contribution in [3.63, 3.8) is 0 Å². The summed E-state index contributed by atoms with van der Waals surface area (Å²) in [7, 11) is 0. The van der Waals surface area contributed by atoms with E-state index in [0.29, 0.717) is 12.0 Å². The normalized spacial score (nSPS) is 20.3. The summed E-state index contributed by atoms with van der Waals surface area (Å²) in [6.07, 6.45) is 1.58. The lowest BCUT2D eigenvalue weighted by Crippen LogP contribution is -2.36. The third-order valence-corrected chi connectivity index (χ3v) is 5.04. The number of hydrogen-bond donors (Lipinski definition) is 1. The molecule has 0 saturated heterocycles. The van der Waals surface area contributed by atoms with Gasteiger partial charge in [0.1, 0.15) is 5.82 Å². The van der Waals surface area contributed by atoms with Crippen LogP contribution in [0.1, 0.15) is 23.1 Å². The van der Waals surface area contributed by atoms with Crippen LogP contribution >= 0.6 is 15.9 Å². The molecule has 0 aromatic heterocycles. The second-order valence-electron chi connectivity index (χ2n) is 5.46. The van der Waals surface area contributed by atoms with Crippen LogP contribution in [0.3, 0.4) is 0 Å². The average molecular weight is 349 g/mol. The molecule has 1 atom stereocenters. The van der Waals surface area contributed by atoms with Crippen LogP contribution in [-0.2, 0) is 23.1 Å². The highest BCUT2D eigenvalue weighted by Crippen LogP contribution is 2.42. The van der Waals surface area contributed by atoms with Gasteiger partial charge >= 0.3 is 5.97 Å². The molecule has 108 valence electrons. The lowest BCUT2D eigenvalue weighted by atomic mass is 9.76. The number of halogens is 2. The molecular weight excluding hydrogens is 335 g/mol. The second-order valence-corrected chi connectivity index (χ2v) is 6.31. The molecule has 1 aliphatic carbocycles. The fourth-order valence-corrected chi connectivity index (χ4v) is 3.56. The van der Waals surface area contributed by atoms with Gasteiger partial charge in [-0.15, -0.1) is 0 Å². The number of rotatable bonds is 3. The molecule has 0 fully saturated rings. The van der Waals surface area contributed by atoms with Gasteiger partial charge in [0.15, 0.2) is 0 Å². The number of aliphatic carboxylic acids is 1. The van der Waals surface area contributed by atoms with Crippen molar-refractivity contribution in [1.82, 2.24) is 0 Å². The van der Waals surface area contributed by atoms with Gasteiger partial charge in [0, 0.05) is 4.47 Å². The maximum absolute atomic E-state index is 13.5. The fourth-order valence-electron chi connectivity index (χ4n) is 3.17. The van der Waals surface area contributed by atoms with Crippen LogP contribution in [0.5, 0.6) is 0 Å². The first kappa shape index (κ1) is 14.3. The van der Waals surface area contributed by atoms with Gasteiger partial charge in [0.05, 0.1) is 5.41 Å². The molecule has 1 aliphatic rings. The van der Waals surface area contributed by atoms with E-state index in [1.165, 1.54) is 12.1 Å². The molecule has 1 unspecified atom stereocenters. The second kappa shape index (κ2) is 5.26. The lowest BCUT2D eigenvalue weighted by molar-refractivity contribution is -0.143. The number of aryl methyl sites for hydroxylation is 1. The quantitative estimate of drug-likeness (QED) is 0.906. The largest absolute Gasteiger partial charge is 0.481 e. The number of carbonyl (C=O) groups is 1. The summed E-state index contributed by atoms with van der Waals surface area (Å²) < 4.78 is 14.2. The topological polar surface area (TPSA) is 37.3 Å². The van der Waals surface area contributed by atoms with Crippen molar-refractivity contribution in [2.75, 3.05) is 0 Å². The summed E-state index contributed by atoms with van der Waals surface area (Å²) in [5, 5.41) is 9.82. The summed E-state index contributed by atoms with van der Waals surface area (Å²) in [6.45, 7) is 0. The highest BCUT2D eigenvalue weighted by atomic mass is 79.9. The van der Waals surface area contributed by atoms with Crippen molar-refractivity contribution >= 4 is 21.9 Å². The molecule has 0 bridgehead atoms. The van der Waals surface area contributed by atoms with Gasteiger partial charge in [-0.3, -0.25) is 4.79 Å². The van der Waals surface area contributed by atoms with Gasteiger partial charge in [-0.2, -0.15) is 0 Å². The Hall–Kier alpha value is -1.68. The maximum atomic E-state index is 13.5. The third kappa shape index (κ3) is 2.38. The van der Waals surface area contributed by atoms with E-state index < -0.39 is 11.4 Å². The summed E-state index contributed by atoms with van der Waals surface area (Å²) >= 11 is 3.39. The molecule has 21 heavy (non-hydrogen) atoms. The molecule has 2 aromatic rings. The zero-order valence-electron chi connectivity index (χ0n) is 11.3. The first-order valence-electron chi connectivity index (χ1n) is 6.79. The van der Waals surface area contributed by atoms with Gasteiger partial charge in [0.2, 0.25) is 0 Å². The minimum Gasteiger partial charge on any atom is -0.481 e. The number of benzene rings is 2. The Morgan fingerprint density at radius 2 is 2.05 bits per heavy atom. The average Bonchev–Trinajstić information content (AvgIpc) is 2.83. The first-order chi connectivity index (χ1) is 10.0. The Morgan fingerprint density at radius 3 is 2.81 bits per heavy atom. The molecule has 0 aliphatic heterocycles. The Balaban J connectivity index is 2.09. The van der Waals surface area contributed by atoms with Gasteiger partial charge in [-0.25, -0.2) is 4.39 Å². The van der Waals surface area contributed by atoms with Gasteiger partial charge in [-0.05, 0) is 54.2 Å². The Bertz CT molecular complexity index is 714. The van der Waals surface area contributed by atoms with Crippen molar-refractivity contribution < 1.29 is 14.3 Å². The molecule has 0 spiro atoms. The molecule has 1 N–H and O–H groups in total. The zero-order valence-corrected chi connectivity index (χ0v) is 12.9. The van der Waals surface area contributed by atoms with E-state index in [4.69, 9.17) is 0 Å². The molecule has 4 heteroatoms. The lowest BCUT2D eigenvalue weighted by Gasteiger charge is -2.26. The monoisotopic (exact) mass is 348 g/mol. The van der Waals surface area contributed by atoms with E-state index in [-0.39, 0.29) is 12.2 Å². The Morgan fingerprint density at radius 1 is 1.29 bits per heavy atom. The summed E-state index contributed by atoms with van der Waals surface area (Å²) in [5.74, 6) is -1.19. The molecule has 3 rings (SSSR count). The predicted octanol–water partition coefficient (Wildman–Crippen LogP) is 4.10. The van der Waals surface area contributed by atoms with Gasteiger partial charge in [0.25, 0.3) is 0 Å². The molecule has 0 saturated carbocycles. The summed E-state index contributed by atoms with van der Waals surface area (Å²) in [4.78, 5) is 12.0. The maximum Gasteiger partial charge on any atom is 0.314 e. The minimum absolute atomic E-state index is 0.289. The van der Waals surface area contributed by atoms with Crippen molar-refractivity contribution in [3.05, 3.63) is 69.4 Å². The van der Waals surface area contributed by atoms with Crippen molar-refractivity contribution in [1.29, 1.82) is 0 Å². The molecular formula is C17H14BrFO2. The first-order valence-corrected chi connectivity index (χ1v) is 7.58. The SMILES string of the molecule is O=C(O)C1(Cc2cc(F)ccc2Br)CCc2ccccc21. The highest BCUT2D eigenvalue weighted by molar-refractivity contribution is 9.10. The van der Waals surface area contributed by atoms with E-state index in [1.54, 1.807) is 6.07 Å². The molecule has 0 radical (unpaired) electrons. The number of carboxylic acids is 1. The zero-order chi connectivity index (χ0) is 15.0. The Kier molecular flexibility index (Phi) is 3.57. The van der Waals surface area contributed by atoms with Crippen LogP contribution in [-0.4, -0.2) is 11.1 Å². The van der Waals surface area contributed by atoms with Crippen LogP contribution in [0.15, 0.2) is 46.9 Å². The number of carboxylic acid groups (broad SMARTS) is 1. The number of fused-ring (bicyclic) bond motifs is 1. The molecule has 2 aromatic carbocycles. The van der Waals surface area contributed by atoms with Crippen LogP contribution in [0, 0.1) is 5.82 Å². The van der Waals surface area contributed by atoms with Crippen LogP contribution in [0.4, 0.5) is 4.39 Å². The fraction of sp³-hybridized carbons (Fsp3) is 0.235. The highest BCUT2D eigenvalue weighted by Gasteiger charge is 2.45.